The van der Waals surface area contributed by atoms with Gasteiger partial charge in [-0.25, -0.2) is 0 Å². The molecule has 2 heterocycles. The first kappa shape index (κ1) is 16.0. The predicted octanol–water partition coefficient (Wildman–Crippen LogP) is 2.36. The number of fused-ring (bicyclic) bond motifs is 2. The SMILES string of the molecule is COCCOc1ccc(C2(O)CC3CCCC(C2)S3=O)cc1. The number of methoxy groups -OCH3 is 1. The van der Waals surface area contributed by atoms with E-state index < -0.39 is 16.4 Å². The van der Waals surface area contributed by atoms with Gasteiger partial charge in [0.05, 0.1) is 12.2 Å². The lowest BCUT2D eigenvalue weighted by Gasteiger charge is -2.43. The molecule has 1 aromatic rings. The van der Waals surface area contributed by atoms with E-state index in [4.69, 9.17) is 9.47 Å². The summed E-state index contributed by atoms with van der Waals surface area (Å²) in [7, 11) is 0.880. The highest BCUT2D eigenvalue weighted by Crippen LogP contribution is 2.44. The zero-order chi connectivity index (χ0) is 15.6. The van der Waals surface area contributed by atoms with Crippen LogP contribution in [0.2, 0.25) is 0 Å². The molecule has 2 fully saturated rings. The van der Waals surface area contributed by atoms with E-state index in [2.05, 4.69) is 0 Å². The molecule has 2 atom stereocenters. The Morgan fingerprint density at radius 3 is 2.41 bits per heavy atom. The lowest BCUT2D eigenvalue weighted by molar-refractivity contribution is 0.00649. The molecular weight excluding hydrogens is 300 g/mol. The number of rotatable bonds is 5. The number of benzene rings is 1. The molecule has 1 N–H and O–H groups in total. The zero-order valence-electron chi connectivity index (χ0n) is 13.0. The Morgan fingerprint density at radius 1 is 1.18 bits per heavy atom. The van der Waals surface area contributed by atoms with Crippen molar-refractivity contribution in [2.45, 2.75) is 48.2 Å². The Labute approximate surface area is 134 Å². The van der Waals surface area contributed by atoms with Crippen LogP contribution in [0.4, 0.5) is 0 Å². The van der Waals surface area contributed by atoms with Gasteiger partial charge in [0.2, 0.25) is 0 Å². The predicted molar refractivity (Wildman–Crippen MR) is 86.5 cm³/mol. The average molecular weight is 324 g/mol. The standard InChI is InChI=1S/C17H24O4S/c1-20-9-10-21-14-7-5-13(6-8-14)17(18)11-15-3-2-4-16(12-17)22(15)19/h5-8,15-16,18H,2-4,9-12H2,1H3. The van der Waals surface area contributed by atoms with Crippen LogP contribution >= 0.6 is 0 Å². The van der Waals surface area contributed by atoms with Gasteiger partial charge < -0.3 is 14.6 Å². The van der Waals surface area contributed by atoms with Crippen molar-refractivity contribution in [3.8, 4) is 5.75 Å². The first-order chi connectivity index (χ1) is 10.6. The van der Waals surface area contributed by atoms with Crippen molar-refractivity contribution in [2.24, 2.45) is 0 Å². The molecule has 2 bridgehead atoms. The summed E-state index contributed by atoms with van der Waals surface area (Å²) in [5.74, 6) is 0.781. The summed E-state index contributed by atoms with van der Waals surface area (Å²) in [5, 5.41) is 11.4. The van der Waals surface area contributed by atoms with Crippen molar-refractivity contribution < 1.29 is 18.8 Å². The molecule has 5 heteroatoms. The van der Waals surface area contributed by atoms with Gasteiger partial charge in [-0.15, -0.1) is 0 Å². The van der Waals surface area contributed by atoms with Crippen molar-refractivity contribution in [1.82, 2.24) is 0 Å². The Hall–Kier alpha value is -0.910. The summed E-state index contributed by atoms with van der Waals surface area (Å²) in [4.78, 5) is 0. The normalized spacial score (nSPS) is 34.4. The third-order valence-electron chi connectivity index (χ3n) is 4.79. The van der Waals surface area contributed by atoms with Gasteiger partial charge in [0.1, 0.15) is 12.4 Å². The highest BCUT2D eigenvalue weighted by Gasteiger charge is 2.46. The summed E-state index contributed by atoms with van der Waals surface area (Å²) in [5.41, 5.74) is 0.0783. The molecule has 0 aliphatic carbocycles. The Bertz CT molecular complexity index is 512. The third kappa shape index (κ3) is 3.21. The van der Waals surface area contributed by atoms with Crippen LogP contribution in [0.3, 0.4) is 0 Å². The minimum Gasteiger partial charge on any atom is -0.491 e. The highest BCUT2D eigenvalue weighted by atomic mass is 32.2. The maximum Gasteiger partial charge on any atom is 0.119 e. The summed E-state index contributed by atoms with van der Waals surface area (Å²) >= 11 is 0. The minimum atomic E-state index is -0.839. The molecule has 0 amide bonds. The molecule has 1 aromatic carbocycles. The molecular formula is C17H24O4S. The molecule has 2 aliphatic heterocycles. The van der Waals surface area contributed by atoms with Crippen molar-refractivity contribution >= 4 is 10.8 Å². The molecule has 0 spiro atoms. The van der Waals surface area contributed by atoms with Crippen molar-refractivity contribution in [3.63, 3.8) is 0 Å². The van der Waals surface area contributed by atoms with E-state index in [-0.39, 0.29) is 10.5 Å². The van der Waals surface area contributed by atoms with Crippen LogP contribution in [0, 0.1) is 0 Å². The highest BCUT2D eigenvalue weighted by molar-refractivity contribution is 7.86. The fourth-order valence-corrected chi connectivity index (χ4v) is 5.84. The third-order valence-corrected chi connectivity index (χ3v) is 6.91. The molecule has 2 saturated heterocycles. The van der Waals surface area contributed by atoms with Gasteiger partial charge in [0, 0.05) is 28.4 Å². The van der Waals surface area contributed by atoms with E-state index in [9.17, 15) is 9.32 Å². The van der Waals surface area contributed by atoms with Gasteiger partial charge >= 0.3 is 0 Å². The van der Waals surface area contributed by atoms with Crippen LogP contribution in [0.5, 0.6) is 5.75 Å². The average Bonchev–Trinajstić information content (AvgIpc) is 2.50. The van der Waals surface area contributed by atoms with E-state index >= 15 is 0 Å². The topological polar surface area (TPSA) is 55.8 Å². The first-order valence-corrected chi connectivity index (χ1v) is 9.24. The van der Waals surface area contributed by atoms with Crippen LogP contribution in [-0.4, -0.2) is 40.1 Å². The molecule has 0 aromatic heterocycles. The fraction of sp³-hybridized carbons (Fsp3) is 0.647. The Balaban J connectivity index is 1.71. The number of aliphatic hydroxyl groups is 1. The van der Waals surface area contributed by atoms with E-state index in [0.29, 0.717) is 26.1 Å². The quantitative estimate of drug-likeness (QED) is 0.845. The van der Waals surface area contributed by atoms with Gasteiger partial charge in [-0.2, -0.15) is 0 Å². The van der Waals surface area contributed by atoms with E-state index in [1.807, 2.05) is 24.3 Å². The second kappa shape index (κ2) is 6.69. The molecule has 22 heavy (non-hydrogen) atoms. The molecule has 3 rings (SSSR count). The maximum atomic E-state index is 12.3. The van der Waals surface area contributed by atoms with Gasteiger partial charge in [0.25, 0.3) is 0 Å². The number of hydrogen-bond acceptors (Lipinski definition) is 4. The molecule has 122 valence electrons. The van der Waals surface area contributed by atoms with Gasteiger partial charge in [-0.3, -0.25) is 4.21 Å². The van der Waals surface area contributed by atoms with Crippen molar-refractivity contribution in [3.05, 3.63) is 29.8 Å². The minimum absolute atomic E-state index is 0.148. The zero-order valence-corrected chi connectivity index (χ0v) is 13.8. The summed E-state index contributed by atoms with van der Waals surface area (Å²) in [6.45, 7) is 1.07. The Morgan fingerprint density at radius 2 is 1.82 bits per heavy atom. The van der Waals surface area contributed by atoms with Crippen LogP contribution in [-0.2, 0) is 21.1 Å². The molecule has 4 nitrogen and oxygen atoms in total. The van der Waals surface area contributed by atoms with Gasteiger partial charge in [-0.05, 0) is 43.4 Å². The van der Waals surface area contributed by atoms with Gasteiger partial charge in [-0.1, -0.05) is 18.6 Å². The Kier molecular flexibility index (Phi) is 4.85. The lowest BCUT2D eigenvalue weighted by atomic mass is 9.80. The summed E-state index contributed by atoms with van der Waals surface area (Å²) < 4.78 is 22.8. The van der Waals surface area contributed by atoms with Crippen molar-refractivity contribution in [2.75, 3.05) is 20.3 Å². The van der Waals surface area contributed by atoms with Crippen LogP contribution in [0.1, 0.15) is 37.7 Å². The second-order valence-electron chi connectivity index (χ2n) is 6.31. The second-order valence-corrected chi connectivity index (χ2v) is 8.30. The molecule has 0 radical (unpaired) electrons. The fourth-order valence-electron chi connectivity index (χ4n) is 3.62. The summed E-state index contributed by atoms with van der Waals surface area (Å²) in [6, 6.07) is 7.66. The van der Waals surface area contributed by atoms with E-state index in [0.717, 1.165) is 30.6 Å². The molecule has 2 aliphatic rings. The molecule has 0 saturated carbocycles. The van der Waals surface area contributed by atoms with Gasteiger partial charge in [0.15, 0.2) is 0 Å². The van der Waals surface area contributed by atoms with Crippen molar-refractivity contribution in [1.29, 1.82) is 0 Å². The maximum absolute atomic E-state index is 12.3. The van der Waals surface area contributed by atoms with Crippen LogP contribution in [0.25, 0.3) is 0 Å². The number of ether oxygens (including phenoxy) is 2. The summed E-state index contributed by atoms with van der Waals surface area (Å²) in [6.07, 6.45) is 4.32. The van der Waals surface area contributed by atoms with E-state index in [1.165, 1.54) is 0 Å². The number of hydrogen-bond donors (Lipinski definition) is 1. The molecule has 2 unspecified atom stereocenters. The monoisotopic (exact) mass is 324 g/mol. The van der Waals surface area contributed by atoms with E-state index in [1.54, 1.807) is 7.11 Å². The van der Waals surface area contributed by atoms with Crippen LogP contribution < -0.4 is 4.74 Å². The lowest BCUT2D eigenvalue weighted by Crippen LogP contribution is -2.47. The largest absolute Gasteiger partial charge is 0.491 e. The first-order valence-electron chi connectivity index (χ1n) is 7.96. The van der Waals surface area contributed by atoms with Crippen LogP contribution in [0.15, 0.2) is 24.3 Å². The smallest absolute Gasteiger partial charge is 0.119 e.